The molecule has 20 heavy (non-hydrogen) atoms. The maximum Gasteiger partial charge on any atom is 0.306 e. The summed E-state index contributed by atoms with van der Waals surface area (Å²) in [4.78, 5) is 9.86. The number of nitrogens with zero attached hydrogens (tertiary/aromatic N) is 1. The summed E-state index contributed by atoms with van der Waals surface area (Å²) in [5.41, 5.74) is 0.428. The molecule has 0 heterocycles. The molecule has 0 saturated heterocycles. The van der Waals surface area contributed by atoms with Crippen molar-refractivity contribution in [2.75, 3.05) is 5.32 Å². The Bertz CT molecular complexity index is 664. The van der Waals surface area contributed by atoms with Crippen LogP contribution in [0.15, 0.2) is 40.9 Å². The largest absolute Gasteiger partial charge is 0.508 e. The predicted molar refractivity (Wildman–Crippen MR) is 76.2 cm³/mol. The lowest BCUT2D eigenvalue weighted by molar-refractivity contribution is -0.387. The van der Waals surface area contributed by atoms with E-state index in [1.807, 2.05) is 0 Å². The minimum atomic E-state index is -0.883. The third kappa shape index (κ3) is 3.24. The summed E-state index contributed by atoms with van der Waals surface area (Å²) in [5.74, 6) is -0.775. The summed E-state index contributed by atoms with van der Waals surface area (Å²) < 4.78 is 14.0. The first-order chi connectivity index (χ1) is 9.47. The molecule has 0 amide bonds. The van der Waals surface area contributed by atoms with Crippen LogP contribution in [0.2, 0.25) is 0 Å². The van der Waals surface area contributed by atoms with Crippen molar-refractivity contribution in [3.63, 3.8) is 0 Å². The van der Waals surface area contributed by atoms with Gasteiger partial charge in [-0.25, -0.2) is 0 Å². The molecule has 0 aromatic heterocycles. The highest BCUT2D eigenvalue weighted by atomic mass is 79.9. The van der Waals surface area contributed by atoms with Gasteiger partial charge in [0.1, 0.15) is 5.75 Å². The van der Waals surface area contributed by atoms with Gasteiger partial charge < -0.3 is 10.4 Å². The van der Waals surface area contributed by atoms with Gasteiger partial charge in [0.05, 0.1) is 4.92 Å². The number of nitrogens with one attached hydrogen (secondary N) is 1. The van der Waals surface area contributed by atoms with E-state index in [1.54, 1.807) is 12.1 Å². The van der Waals surface area contributed by atoms with Crippen molar-refractivity contribution in [3.8, 4) is 5.75 Å². The Kier molecular flexibility index (Phi) is 4.19. The van der Waals surface area contributed by atoms with Crippen molar-refractivity contribution in [2.24, 2.45) is 0 Å². The summed E-state index contributed by atoms with van der Waals surface area (Å²) in [7, 11) is 0. The Hall–Kier alpha value is -2.15. The highest BCUT2D eigenvalue weighted by Gasteiger charge is 2.14. The van der Waals surface area contributed by atoms with Crippen molar-refractivity contribution < 1.29 is 14.4 Å². The summed E-state index contributed by atoms with van der Waals surface area (Å²) in [6.07, 6.45) is 0. The van der Waals surface area contributed by atoms with Gasteiger partial charge >= 0.3 is 5.69 Å². The lowest BCUT2D eigenvalue weighted by Gasteiger charge is -2.08. The van der Waals surface area contributed by atoms with E-state index in [0.29, 0.717) is 11.3 Å². The number of anilines is 1. The average Bonchev–Trinajstić information content (AvgIpc) is 2.41. The molecule has 0 aliphatic rings. The van der Waals surface area contributed by atoms with E-state index in [-0.39, 0.29) is 12.3 Å². The molecule has 5 nitrogen and oxygen atoms in total. The maximum absolute atomic E-state index is 13.2. The molecule has 0 atom stereocenters. The van der Waals surface area contributed by atoms with Gasteiger partial charge in [-0.1, -0.05) is 15.9 Å². The van der Waals surface area contributed by atoms with E-state index in [9.17, 15) is 19.6 Å². The van der Waals surface area contributed by atoms with Crippen molar-refractivity contribution in [3.05, 3.63) is 62.4 Å². The molecule has 2 aromatic rings. The summed E-state index contributed by atoms with van der Waals surface area (Å²) >= 11 is 3.28. The highest BCUT2D eigenvalue weighted by molar-refractivity contribution is 9.10. The molecule has 2 aromatic carbocycles. The molecule has 2 rings (SSSR count). The zero-order valence-electron chi connectivity index (χ0n) is 10.1. The SMILES string of the molecule is O=[N+]([O-])c1cc(NCc2cc(Br)ccc2O)ccc1F. The number of phenolic OH excluding ortho intramolecular Hbond substituents is 1. The van der Waals surface area contributed by atoms with E-state index in [1.165, 1.54) is 12.1 Å². The van der Waals surface area contributed by atoms with Gasteiger partial charge in [0.25, 0.3) is 0 Å². The van der Waals surface area contributed by atoms with E-state index in [0.717, 1.165) is 16.6 Å². The first-order valence-electron chi connectivity index (χ1n) is 5.62. The second-order valence-corrected chi connectivity index (χ2v) is 4.97. The van der Waals surface area contributed by atoms with Crippen LogP contribution < -0.4 is 5.32 Å². The molecule has 0 aliphatic heterocycles. The number of nitro groups is 1. The minimum Gasteiger partial charge on any atom is -0.508 e. The highest BCUT2D eigenvalue weighted by Crippen LogP contribution is 2.25. The fourth-order valence-corrected chi connectivity index (χ4v) is 2.06. The minimum absolute atomic E-state index is 0.109. The summed E-state index contributed by atoms with van der Waals surface area (Å²) in [6.45, 7) is 0.258. The lowest BCUT2D eigenvalue weighted by Crippen LogP contribution is -2.01. The Morgan fingerprint density at radius 3 is 2.75 bits per heavy atom. The molecule has 104 valence electrons. The van der Waals surface area contributed by atoms with Crippen molar-refractivity contribution in [1.82, 2.24) is 0 Å². The number of hydrogen-bond acceptors (Lipinski definition) is 4. The van der Waals surface area contributed by atoms with E-state index >= 15 is 0 Å². The third-order valence-corrected chi connectivity index (χ3v) is 3.16. The molecule has 0 aliphatic carbocycles. The molecular formula is C13H10BrFN2O3. The predicted octanol–water partition coefficient (Wildman–Crippen LogP) is 3.81. The van der Waals surface area contributed by atoms with Crippen LogP contribution in [0, 0.1) is 15.9 Å². The van der Waals surface area contributed by atoms with Crippen LogP contribution in [0.1, 0.15) is 5.56 Å². The van der Waals surface area contributed by atoms with Gasteiger partial charge in [-0.05, 0) is 30.3 Å². The molecule has 2 N–H and O–H groups in total. The number of hydrogen-bond donors (Lipinski definition) is 2. The van der Waals surface area contributed by atoms with E-state index < -0.39 is 16.4 Å². The number of nitro benzene ring substituents is 1. The standard InChI is InChI=1S/C13H10BrFN2O3/c14-9-1-4-13(18)8(5-9)7-16-10-2-3-11(15)12(6-10)17(19)20/h1-6,16,18H,7H2. The number of phenols is 1. The zero-order valence-corrected chi connectivity index (χ0v) is 11.7. The van der Waals surface area contributed by atoms with E-state index in [4.69, 9.17) is 0 Å². The molecule has 0 fully saturated rings. The van der Waals surface area contributed by atoms with Gasteiger partial charge in [-0.2, -0.15) is 4.39 Å². The van der Waals surface area contributed by atoms with Crippen LogP contribution in [0.4, 0.5) is 15.8 Å². The fourth-order valence-electron chi connectivity index (χ4n) is 1.66. The molecule has 0 spiro atoms. The summed E-state index contributed by atoms with van der Waals surface area (Å²) in [5, 5.41) is 23.2. The second-order valence-electron chi connectivity index (χ2n) is 4.05. The average molecular weight is 341 g/mol. The molecule has 0 saturated carbocycles. The molecular weight excluding hydrogens is 331 g/mol. The lowest BCUT2D eigenvalue weighted by atomic mass is 10.2. The smallest absolute Gasteiger partial charge is 0.306 e. The Morgan fingerprint density at radius 2 is 2.05 bits per heavy atom. The molecule has 0 bridgehead atoms. The first kappa shape index (κ1) is 14.3. The van der Waals surface area contributed by atoms with Crippen LogP contribution in [-0.4, -0.2) is 10.0 Å². The topological polar surface area (TPSA) is 75.4 Å². The van der Waals surface area contributed by atoms with Gasteiger partial charge in [0.15, 0.2) is 0 Å². The Morgan fingerprint density at radius 1 is 1.30 bits per heavy atom. The normalized spacial score (nSPS) is 10.3. The van der Waals surface area contributed by atoms with Crippen LogP contribution in [0.3, 0.4) is 0 Å². The zero-order chi connectivity index (χ0) is 14.7. The number of benzene rings is 2. The van der Waals surface area contributed by atoms with Gasteiger partial charge in [-0.15, -0.1) is 0 Å². The fraction of sp³-hybridized carbons (Fsp3) is 0.0769. The van der Waals surface area contributed by atoms with Crippen LogP contribution >= 0.6 is 15.9 Å². The van der Waals surface area contributed by atoms with Crippen LogP contribution in [0.25, 0.3) is 0 Å². The van der Waals surface area contributed by atoms with Crippen molar-refractivity contribution in [1.29, 1.82) is 0 Å². The number of halogens is 2. The number of rotatable bonds is 4. The molecule has 7 heteroatoms. The van der Waals surface area contributed by atoms with E-state index in [2.05, 4.69) is 21.2 Å². The van der Waals surface area contributed by atoms with Gasteiger partial charge in [0, 0.05) is 28.3 Å². The monoisotopic (exact) mass is 340 g/mol. The van der Waals surface area contributed by atoms with Crippen LogP contribution in [-0.2, 0) is 6.54 Å². The Labute approximate surface area is 122 Å². The van der Waals surface area contributed by atoms with Crippen molar-refractivity contribution in [2.45, 2.75) is 6.54 Å². The Balaban J connectivity index is 2.17. The first-order valence-corrected chi connectivity index (χ1v) is 6.42. The van der Waals surface area contributed by atoms with Crippen LogP contribution in [0.5, 0.6) is 5.75 Å². The molecule has 0 unspecified atom stereocenters. The summed E-state index contributed by atoms with van der Waals surface area (Å²) in [6, 6.07) is 8.50. The molecule has 0 radical (unpaired) electrons. The quantitative estimate of drug-likeness (QED) is 0.655. The number of aromatic hydroxyl groups is 1. The maximum atomic E-state index is 13.2. The van der Waals surface area contributed by atoms with Crippen molar-refractivity contribution >= 4 is 27.3 Å². The van der Waals surface area contributed by atoms with Gasteiger partial charge in [-0.3, -0.25) is 10.1 Å². The third-order valence-electron chi connectivity index (χ3n) is 2.67. The second kappa shape index (κ2) is 5.87. The van der Waals surface area contributed by atoms with Gasteiger partial charge in [0.2, 0.25) is 5.82 Å².